The monoisotopic (exact) mass is 451 g/mol. The van der Waals surface area contributed by atoms with Gasteiger partial charge in [-0.1, -0.05) is 6.07 Å². The molecule has 1 aromatic carbocycles. The molecule has 172 valence electrons. The number of methoxy groups -OCH3 is 2. The van der Waals surface area contributed by atoms with E-state index in [1.807, 2.05) is 0 Å². The van der Waals surface area contributed by atoms with E-state index >= 15 is 0 Å². The Morgan fingerprint density at radius 1 is 1.19 bits per heavy atom. The van der Waals surface area contributed by atoms with E-state index in [4.69, 9.17) is 14.2 Å². The van der Waals surface area contributed by atoms with Gasteiger partial charge in [-0.15, -0.1) is 0 Å². The lowest BCUT2D eigenvalue weighted by molar-refractivity contribution is -0.175. The molecule has 0 saturated heterocycles. The number of carbonyl (C=O) groups is 3. The van der Waals surface area contributed by atoms with Gasteiger partial charge in [0.25, 0.3) is 0 Å². The summed E-state index contributed by atoms with van der Waals surface area (Å²) in [5.74, 6) is -2.79. The van der Waals surface area contributed by atoms with Crippen molar-refractivity contribution < 1.29 is 42.1 Å². The van der Waals surface area contributed by atoms with Crippen LogP contribution in [-0.4, -0.2) is 45.2 Å². The average Bonchev–Trinajstić information content (AvgIpc) is 3.62. The molecule has 0 amide bonds. The largest absolute Gasteiger partial charge is 0.489 e. The molecule has 0 bridgehead atoms. The molecule has 0 aliphatic heterocycles. The van der Waals surface area contributed by atoms with Gasteiger partial charge in [0, 0.05) is 12.8 Å². The predicted molar refractivity (Wildman–Crippen MR) is 104 cm³/mol. The number of rotatable bonds is 8. The summed E-state index contributed by atoms with van der Waals surface area (Å²) in [6, 6.07) is 6.14. The quantitative estimate of drug-likeness (QED) is 0.438. The van der Waals surface area contributed by atoms with Crippen molar-refractivity contribution in [3.63, 3.8) is 0 Å². The van der Waals surface area contributed by atoms with Crippen molar-refractivity contribution >= 4 is 17.7 Å². The highest BCUT2D eigenvalue weighted by atomic mass is 19.3. The molecule has 0 heterocycles. The fourth-order valence-corrected chi connectivity index (χ4v) is 3.99. The number of ketones is 1. The third kappa shape index (κ3) is 4.24. The fourth-order valence-electron chi connectivity index (χ4n) is 3.99. The van der Waals surface area contributed by atoms with Gasteiger partial charge < -0.3 is 18.9 Å². The van der Waals surface area contributed by atoms with Gasteiger partial charge in [0.1, 0.15) is 0 Å². The van der Waals surface area contributed by atoms with Gasteiger partial charge in [-0.25, -0.2) is 0 Å². The van der Waals surface area contributed by atoms with Crippen LogP contribution in [0, 0.1) is 22.7 Å². The fraction of sp³-hybridized carbons (Fsp3) is 0.545. The molecule has 1 unspecified atom stereocenters. The molecular weight excluding hydrogens is 428 g/mol. The Balaban J connectivity index is 2.05. The van der Waals surface area contributed by atoms with Crippen molar-refractivity contribution in [1.29, 1.82) is 5.26 Å². The second-order valence-corrected chi connectivity index (χ2v) is 7.98. The molecule has 2 aliphatic carbocycles. The first-order valence-corrected chi connectivity index (χ1v) is 10.1. The minimum Gasteiger partial charge on any atom is -0.489 e. The standard InChI is InChI=1S/C22H23F2NO7/c1-29-18(27)22(19(28)30-2)11-21(12-25,8-7-17(22)26)14-5-6-15(32-20(23)24)16(9-14)31-10-13-3-4-13/h5-6,9,13,20H,3-4,7-8,10-11H2,1-2H3. The van der Waals surface area contributed by atoms with Gasteiger partial charge in [-0.2, -0.15) is 14.0 Å². The number of nitriles is 1. The molecule has 1 aromatic rings. The molecule has 0 aromatic heterocycles. The van der Waals surface area contributed by atoms with Gasteiger partial charge in [-0.05, 0) is 42.9 Å². The number of esters is 2. The topological polar surface area (TPSA) is 112 Å². The number of benzene rings is 1. The van der Waals surface area contributed by atoms with Gasteiger partial charge in [0.15, 0.2) is 17.3 Å². The van der Waals surface area contributed by atoms with E-state index in [9.17, 15) is 28.4 Å². The Morgan fingerprint density at radius 2 is 1.84 bits per heavy atom. The maximum absolute atomic E-state index is 12.8. The second kappa shape index (κ2) is 9.10. The molecule has 2 aliphatic rings. The van der Waals surface area contributed by atoms with Gasteiger partial charge in [0.2, 0.25) is 5.41 Å². The molecule has 0 radical (unpaired) electrons. The molecule has 1 atom stereocenters. The second-order valence-electron chi connectivity index (χ2n) is 7.98. The summed E-state index contributed by atoms with van der Waals surface area (Å²) >= 11 is 0. The average molecular weight is 451 g/mol. The summed E-state index contributed by atoms with van der Waals surface area (Å²) in [4.78, 5) is 37.9. The maximum atomic E-state index is 12.8. The summed E-state index contributed by atoms with van der Waals surface area (Å²) < 4.78 is 45.3. The van der Waals surface area contributed by atoms with E-state index in [0.29, 0.717) is 18.1 Å². The Hall–Kier alpha value is -3.22. The predicted octanol–water partition coefficient (Wildman–Crippen LogP) is 2.92. The van der Waals surface area contributed by atoms with Crippen LogP contribution in [0.2, 0.25) is 0 Å². The first-order valence-electron chi connectivity index (χ1n) is 10.1. The van der Waals surface area contributed by atoms with Crippen LogP contribution in [0.3, 0.4) is 0 Å². The van der Waals surface area contributed by atoms with E-state index in [1.165, 1.54) is 18.2 Å². The first-order chi connectivity index (χ1) is 15.2. The Kier molecular flexibility index (Phi) is 6.67. The normalized spacial score (nSPS) is 22.1. The zero-order valence-electron chi connectivity index (χ0n) is 17.7. The lowest BCUT2D eigenvalue weighted by Gasteiger charge is -2.40. The number of ether oxygens (including phenoxy) is 4. The molecule has 10 heteroatoms. The van der Waals surface area contributed by atoms with E-state index in [2.05, 4.69) is 10.8 Å². The number of hydrogen-bond donors (Lipinski definition) is 0. The zero-order valence-corrected chi connectivity index (χ0v) is 17.7. The summed E-state index contributed by atoms with van der Waals surface area (Å²) in [5.41, 5.74) is -3.47. The number of nitrogens with zero attached hydrogens (tertiary/aromatic N) is 1. The third-order valence-electron chi connectivity index (χ3n) is 5.99. The summed E-state index contributed by atoms with van der Waals surface area (Å²) in [6.45, 7) is -2.78. The molecule has 3 rings (SSSR count). The van der Waals surface area contributed by atoms with E-state index in [-0.39, 0.29) is 24.3 Å². The van der Waals surface area contributed by atoms with Crippen LogP contribution >= 0.6 is 0 Å². The molecule has 0 spiro atoms. The van der Waals surface area contributed by atoms with Gasteiger partial charge in [-0.3, -0.25) is 14.4 Å². The Bertz CT molecular complexity index is 924. The molecule has 0 N–H and O–H groups in total. The Labute approximate surface area is 183 Å². The highest BCUT2D eigenvalue weighted by molar-refractivity contribution is 6.20. The minimum absolute atomic E-state index is 0.00912. The highest BCUT2D eigenvalue weighted by Crippen LogP contribution is 2.49. The van der Waals surface area contributed by atoms with Crippen molar-refractivity contribution in [1.82, 2.24) is 0 Å². The van der Waals surface area contributed by atoms with Crippen LogP contribution in [0.4, 0.5) is 8.78 Å². The van der Waals surface area contributed by atoms with Crippen molar-refractivity contribution in [3.8, 4) is 17.6 Å². The van der Waals surface area contributed by atoms with Crippen LogP contribution in [-0.2, 0) is 29.3 Å². The SMILES string of the molecule is COC(=O)C1(C(=O)OC)CC(C#N)(c2ccc(OC(F)F)c(OCC3CC3)c2)CCC1=O. The molecule has 2 fully saturated rings. The number of alkyl halides is 2. The lowest BCUT2D eigenvalue weighted by Crippen LogP contribution is -2.55. The van der Waals surface area contributed by atoms with Gasteiger partial charge >= 0.3 is 18.6 Å². The number of Topliss-reactive ketones (excluding diaryl/α,β-unsaturated/α-hetero) is 1. The van der Waals surface area contributed by atoms with Crippen LogP contribution in [0.1, 0.15) is 37.7 Å². The van der Waals surface area contributed by atoms with Crippen LogP contribution in [0.25, 0.3) is 0 Å². The summed E-state index contributed by atoms with van der Waals surface area (Å²) in [5, 5.41) is 10.1. The van der Waals surface area contributed by atoms with Crippen molar-refractivity contribution in [2.24, 2.45) is 11.3 Å². The van der Waals surface area contributed by atoms with Crippen LogP contribution < -0.4 is 9.47 Å². The number of halogens is 2. The molecule has 2 saturated carbocycles. The summed E-state index contributed by atoms with van der Waals surface area (Å²) in [6.07, 6.45) is 1.18. The highest BCUT2D eigenvalue weighted by Gasteiger charge is 2.62. The maximum Gasteiger partial charge on any atom is 0.387 e. The molecule has 8 nitrogen and oxygen atoms in total. The first kappa shape index (κ1) is 23.4. The van der Waals surface area contributed by atoms with E-state index in [0.717, 1.165) is 27.1 Å². The van der Waals surface area contributed by atoms with Crippen molar-refractivity contribution in [2.45, 2.75) is 44.1 Å². The molecular formula is C22H23F2NO7. The number of hydrogen-bond acceptors (Lipinski definition) is 8. The zero-order chi connectivity index (χ0) is 23.5. The lowest BCUT2D eigenvalue weighted by atomic mass is 9.59. The summed E-state index contributed by atoms with van der Waals surface area (Å²) in [7, 11) is 2.06. The van der Waals surface area contributed by atoms with E-state index in [1.54, 1.807) is 0 Å². The van der Waals surface area contributed by atoms with Crippen molar-refractivity contribution in [2.75, 3.05) is 20.8 Å². The minimum atomic E-state index is -3.08. The van der Waals surface area contributed by atoms with Crippen LogP contribution in [0.5, 0.6) is 11.5 Å². The molecule has 32 heavy (non-hydrogen) atoms. The smallest absolute Gasteiger partial charge is 0.387 e. The Morgan fingerprint density at radius 3 is 2.38 bits per heavy atom. The number of carbonyl (C=O) groups excluding carboxylic acids is 3. The van der Waals surface area contributed by atoms with Gasteiger partial charge in [0.05, 0.1) is 32.3 Å². The third-order valence-corrected chi connectivity index (χ3v) is 5.99. The van der Waals surface area contributed by atoms with Crippen molar-refractivity contribution in [3.05, 3.63) is 23.8 Å². The van der Waals surface area contributed by atoms with E-state index < -0.39 is 41.6 Å². The van der Waals surface area contributed by atoms with Crippen LogP contribution in [0.15, 0.2) is 18.2 Å².